The molecule has 2 rings (SSSR count). The molecule has 1 N–H and O–H groups in total. The summed E-state index contributed by atoms with van der Waals surface area (Å²) in [5.41, 5.74) is 0.330. The minimum atomic E-state index is -0.400. The van der Waals surface area contributed by atoms with Gasteiger partial charge in [0, 0.05) is 18.7 Å². The van der Waals surface area contributed by atoms with Crippen LogP contribution in [0.25, 0.3) is 0 Å². The number of benzene rings is 1. The first-order valence-electron chi connectivity index (χ1n) is 4.99. The smallest absolute Gasteiger partial charge is 0.260 e. The highest BCUT2D eigenvalue weighted by Gasteiger charge is 2.24. The number of nitrogens with zero attached hydrogens (tertiary/aromatic N) is 1. The Hall–Kier alpha value is -1.75. The van der Waals surface area contributed by atoms with Gasteiger partial charge in [0.05, 0.1) is 6.54 Å². The maximum Gasteiger partial charge on any atom is 0.260 e. The number of nitrogens with one attached hydrogen (secondary N) is 1. The molecular formula is C11H11FN2O2. The van der Waals surface area contributed by atoms with Crippen molar-refractivity contribution in [1.29, 1.82) is 0 Å². The van der Waals surface area contributed by atoms with Gasteiger partial charge in [-0.3, -0.25) is 14.5 Å². The molecule has 1 fully saturated rings. The summed E-state index contributed by atoms with van der Waals surface area (Å²) in [4.78, 5) is 24.5. The van der Waals surface area contributed by atoms with E-state index in [4.69, 9.17) is 0 Å². The zero-order valence-electron chi connectivity index (χ0n) is 8.57. The lowest BCUT2D eigenvalue weighted by atomic mass is 10.2. The number of piperazine rings is 1. The van der Waals surface area contributed by atoms with E-state index in [0.717, 1.165) is 0 Å². The normalized spacial score (nSPS) is 16.3. The molecule has 1 aliphatic heterocycles. The average Bonchev–Trinajstić information content (AvgIpc) is 2.30. The first-order chi connectivity index (χ1) is 7.68. The maximum absolute atomic E-state index is 12.7. The lowest BCUT2D eigenvalue weighted by Crippen LogP contribution is -2.50. The van der Waals surface area contributed by atoms with Gasteiger partial charge in [-0.15, -0.1) is 0 Å². The molecule has 2 amide bonds. The Morgan fingerprint density at radius 3 is 2.62 bits per heavy atom. The lowest BCUT2D eigenvalue weighted by Gasteiger charge is -2.25. The number of carbonyl (C=O) groups is 2. The van der Waals surface area contributed by atoms with Gasteiger partial charge >= 0.3 is 0 Å². The van der Waals surface area contributed by atoms with E-state index in [9.17, 15) is 14.0 Å². The highest BCUT2D eigenvalue weighted by Crippen LogP contribution is 2.08. The molecule has 1 heterocycles. The SMILES string of the molecule is O=C1CNCCN1C(=O)c1ccc(F)cc1. The Bertz CT molecular complexity index is 416. The third-order valence-electron chi connectivity index (χ3n) is 2.43. The molecule has 5 heteroatoms. The lowest BCUT2D eigenvalue weighted by molar-refractivity contribution is -0.129. The summed E-state index contributed by atoms with van der Waals surface area (Å²) in [6.45, 7) is 1.13. The molecule has 16 heavy (non-hydrogen) atoms. The number of carbonyl (C=O) groups excluding carboxylic acids is 2. The highest BCUT2D eigenvalue weighted by atomic mass is 19.1. The molecule has 0 unspecified atom stereocenters. The van der Waals surface area contributed by atoms with Crippen LogP contribution in [0.3, 0.4) is 0 Å². The molecule has 0 saturated carbocycles. The van der Waals surface area contributed by atoms with E-state index in [0.29, 0.717) is 18.7 Å². The van der Waals surface area contributed by atoms with Crippen molar-refractivity contribution in [2.75, 3.05) is 19.6 Å². The van der Waals surface area contributed by atoms with E-state index in [2.05, 4.69) is 5.32 Å². The number of hydrogen-bond acceptors (Lipinski definition) is 3. The van der Waals surface area contributed by atoms with Crippen LogP contribution in [0.2, 0.25) is 0 Å². The van der Waals surface area contributed by atoms with Gasteiger partial charge in [0.15, 0.2) is 0 Å². The van der Waals surface area contributed by atoms with Gasteiger partial charge in [-0.2, -0.15) is 0 Å². The predicted octanol–water partition coefficient (Wildman–Crippen LogP) is 0.398. The average molecular weight is 222 g/mol. The third kappa shape index (κ3) is 2.09. The van der Waals surface area contributed by atoms with Gasteiger partial charge in [0.2, 0.25) is 5.91 Å². The fourth-order valence-corrected chi connectivity index (χ4v) is 1.57. The molecule has 4 nitrogen and oxygen atoms in total. The first-order valence-corrected chi connectivity index (χ1v) is 4.99. The minimum absolute atomic E-state index is 0.174. The van der Waals surface area contributed by atoms with Crippen LogP contribution in [-0.2, 0) is 4.79 Å². The molecular weight excluding hydrogens is 211 g/mol. The zero-order valence-corrected chi connectivity index (χ0v) is 8.57. The molecule has 1 aliphatic rings. The summed E-state index contributed by atoms with van der Waals surface area (Å²) in [5, 5.41) is 2.88. The summed E-state index contributed by atoms with van der Waals surface area (Å²) < 4.78 is 12.7. The van der Waals surface area contributed by atoms with Crippen LogP contribution in [0.4, 0.5) is 4.39 Å². The minimum Gasteiger partial charge on any atom is -0.307 e. The van der Waals surface area contributed by atoms with Crippen LogP contribution in [0.1, 0.15) is 10.4 Å². The third-order valence-corrected chi connectivity index (χ3v) is 2.43. The molecule has 0 aromatic heterocycles. The van der Waals surface area contributed by atoms with Crippen LogP contribution >= 0.6 is 0 Å². The van der Waals surface area contributed by atoms with Crippen molar-refractivity contribution >= 4 is 11.8 Å². The largest absolute Gasteiger partial charge is 0.307 e. The molecule has 84 valence electrons. The van der Waals surface area contributed by atoms with Crippen molar-refractivity contribution in [2.45, 2.75) is 0 Å². The van der Waals surface area contributed by atoms with E-state index in [-0.39, 0.29) is 18.4 Å². The van der Waals surface area contributed by atoms with Crippen LogP contribution < -0.4 is 5.32 Å². The van der Waals surface area contributed by atoms with Gasteiger partial charge in [0.1, 0.15) is 5.82 Å². The second kappa shape index (κ2) is 4.40. The van der Waals surface area contributed by atoms with Crippen molar-refractivity contribution in [1.82, 2.24) is 10.2 Å². The molecule has 1 saturated heterocycles. The van der Waals surface area contributed by atoms with Crippen molar-refractivity contribution < 1.29 is 14.0 Å². The van der Waals surface area contributed by atoms with Crippen molar-refractivity contribution in [3.63, 3.8) is 0 Å². The molecule has 1 aromatic rings. The Kier molecular flexibility index (Phi) is 2.96. The summed E-state index contributed by atoms with van der Waals surface area (Å²) in [6.07, 6.45) is 0. The number of imide groups is 1. The second-order valence-electron chi connectivity index (χ2n) is 3.53. The Morgan fingerprint density at radius 1 is 1.31 bits per heavy atom. The van der Waals surface area contributed by atoms with Crippen molar-refractivity contribution in [3.05, 3.63) is 35.6 Å². The van der Waals surface area contributed by atoms with E-state index in [1.54, 1.807) is 0 Å². The molecule has 0 bridgehead atoms. The quantitative estimate of drug-likeness (QED) is 0.700. The molecule has 1 aromatic carbocycles. The maximum atomic E-state index is 12.7. The number of amides is 2. The number of halogens is 1. The highest BCUT2D eigenvalue weighted by molar-refractivity contribution is 6.05. The first kappa shape index (κ1) is 10.8. The van der Waals surface area contributed by atoms with Crippen LogP contribution in [0, 0.1) is 5.82 Å². The summed E-state index contributed by atoms with van der Waals surface area (Å²) in [5.74, 6) is -1.02. The van der Waals surface area contributed by atoms with Crippen LogP contribution in [0.5, 0.6) is 0 Å². The number of hydrogen-bond donors (Lipinski definition) is 1. The Morgan fingerprint density at radius 2 is 2.00 bits per heavy atom. The van der Waals surface area contributed by atoms with Crippen molar-refractivity contribution in [3.8, 4) is 0 Å². The van der Waals surface area contributed by atoms with Gasteiger partial charge in [0.25, 0.3) is 5.91 Å². The summed E-state index contributed by atoms with van der Waals surface area (Å²) in [6, 6.07) is 5.18. The van der Waals surface area contributed by atoms with Crippen LogP contribution in [0.15, 0.2) is 24.3 Å². The van der Waals surface area contributed by atoms with Gasteiger partial charge in [-0.1, -0.05) is 0 Å². The summed E-state index contributed by atoms with van der Waals surface area (Å²) in [7, 11) is 0. The zero-order chi connectivity index (χ0) is 11.5. The topological polar surface area (TPSA) is 49.4 Å². The molecule has 0 radical (unpaired) electrons. The fourth-order valence-electron chi connectivity index (χ4n) is 1.57. The Balaban J connectivity index is 2.17. The monoisotopic (exact) mass is 222 g/mol. The Labute approximate surface area is 92.0 Å². The van der Waals surface area contributed by atoms with E-state index < -0.39 is 5.82 Å². The predicted molar refractivity (Wildman–Crippen MR) is 55.3 cm³/mol. The molecule has 0 aliphatic carbocycles. The number of rotatable bonds is 1. The second-order valence-corrected chi connectivity index (χ2v) is 3.53. The van der Waals surface area contributed by atoms with Gasteiger partial charge < -0.3 is 5.32 Å². The van der Waals surface area contributed by atoms with Crippen LogP contribution in [-0.4, -0.2) is 36.3 Å². The molecule has 0 spiro atoms. The van der Waals surface area contributed by atoms with Gasteiger partial charge in [-0.05, 0) is 24.3 Å². The molecule has 0 atom stereocenters. The standard InChI is InChI=1S/C11H11FN2O2/c12-9-3-1-8(2-4-9)11(16)14-6-5-13-7-10(14)15/h1-4,13H,5-7H2. The van der Waals surface area contributed by atoms with Crippen molar-refractivity contribution in [2.24, 2.45) is 0 Å². The fraction of sp³-hybridized carbons (Fsp3) is 0.273. The van der Waals surface area contributed by atoms with E-state index in [1.807, 2.05) is 0 Å². The van der Waals surface area contributed by atoms with Gasteiger partial charge in [-0.25, -0.2) is 4.39 Å². The summed E-state index contributed by atoms with van der Waals surface area (Å²) >= 11 is 0. The van der Waals surface area contributed by atoms with E-state index in [1.165, 1.54) is 29.2 Å². The van der Waals surface area contributed by atoms with E-state index >= 15 is 0 Å².